The molecule has 0 unspecified atom stereocenters. The van der Waals surface area contributed by atoms with Crippen molar-refractivity contribution < 1.29 is 0 Å². The van der Waals surface area contributed by atoms with E-state index in [1.807, 2.05) is 6.07 Å². The average molecular weight is 170 g/mol. The van der Waals surface area contributed by atoms with Crippen LogP contribution in [-0.4, -0.2) is 9.97 Å². The number of pyridine rings is 1. The number of hydrogen-bond donors (Lipinski definition) is 2. The lowest BCUT2D eigenvalue weighted by Gasteiger charge is -1.94. The van der Waals surface area contributed by atoms with Crippen molar-refractivity contribution in [1.29, 1.82) is 0 Å². The molecule has 1 aromatic heterocycles. The number of aromatic amines is 1. The van der Waals surface area contributed by atoms with Gasteiger partial charge in [0, 0.05) is 11.8 Å². The molecular formula is C6H6N2S2. The number of nitrogens with one attached hydrogen (secondary N) is 1. The molecule has 0 fully saturated rings. The zero-order chi connectivity index (χ0) is 7.56. The molecule has 1 heterocycles. The summed E-state index contributed by atoms with van der Waals surface area (Å²) in [5.74, 6) is 0. The van der Waals surface area contributed by atoms with E-state index in [0.717, 1.165) is 5.56 Å². The molecule has 0 aliphatic carbocycles. The van der Waals surface area contributed by atoms with Gasteiger partial charge in [0.15, 0.2) is 0 Å². The van der Waals surface area contributed by atoms with Gasteiger partial charge in [-0.15, -0.1) is 0 Å². The summed E-state index contributed by atoms with van der Waals surface area (Å²) in [6, 6.07) is 3.60. The lowest BCUT2D eigenvalue weighted by Crippen LogP contribution is -2.10. The van der Waals surface area contributed by atoms with Gasteiger partial charge in [0.2, 0.25) is 0 Å². The van der Waals surface area contributed by atoms with Gasteiger partial charge in [0.25, 0.3) is 0 Å². The van der Waals surface area contributed by atoms with Crippen LogP contribution in [0.25, 0.3) is 0 Å². The second-order valence-corrected chi connectivity index (χ2v) is 2.63. The monoisotopic (exact) mass is 170 g/mol. The van der Waals surface area contributed by atoms with E-state index < -0.39 is 0 Å². The first-order valence-electron chi connectivity index (χ1n) is 2.69. The van der Waals surface area contributed by atoms with Crippen LogP contribution in [0, 0.1) is 4.64 Å². The van der Waals surface area contributed by atoms with Crippen LogP contribution in [0.3, 0.4) is 0 Å². The Morgan fingerprint density at radius 1 is 1.60 bits per heavy atom. The topological polar surface area (TPSA) is 41.8 Å². The minimum atomic E-state index is 0.335. The van der Waals surface area contributed by atoms with Gasteiger partial charge in [-0.05, 0) is 12.1 Å². The minimum Gasteiger partial charge on any atom is -0.389 e. The number of hydrogen-bond acceptors (Lipinski definition) is 2. The van der Waals surface area contributed by atoms with E-state index in [1.54, 1.807) is 12.3 Å². The van der Waals surface area contributed by atoms with Gasteiger partial charge < -0.3 is 10.7 Å². The summed E-state index contributed by atoms with van der Waals surface area (Å²) in [5, 5.41) is 0. The lowest BCUT2D eigenvalue weighted by molar-refractivity contribution is 1.28. The quantitative estimate of drug-likeness (QED) is 0.626. The maximum Gasteiger partial charge on any atom is 0.113 e. The largest absolute Gasteiger partial charge is 0.389 e. The molecule has 0 saturated heterocycles. The van der Waals surface area contributed by atoms with Crippen molar-refractivity contribution in [3.63, 3.8) is 0 Å². The van der Waals surface area contributed by atoms with E-state index in [1.165, 1.54) is 0 Å². The highest BCUT2D eigenvalue weighted by molar-refractivity contribution is 7.80. The molecule has 0 aliphatic heterocycles. The third kappa shape index (κ3) is 1.40. The van der Waals surface area contributed by atoms with Crippen molar-refractivity contribution in [3.8, 4) is 0 Å². The Labute approximate surface area is 69.1 Å². The molecule has 52 valence electrons. The molecule has 1 aromatic rings. The van der Waals surface area contributed by atoms with Crippen LogP contribution in [0.1, 0.15) is 5.56 Å². The second-order valence-electron chi connectivity index (χ2n) is 1.78. The van der Waals surface area contributed by atoms with E-state index in [-0.39, 0.29) is 0 Å². The van der Waals surface area contributed by atoms with Crippen LogP contribution >= 0.6 is 24.4 Å². The molecule has 0 aliphatic rings. The summed E-state index contributed by atoms with van der Waals surface area (Å²) < 4.78 is 0.593. The zero-order valence-electron chi connectivity index (χ0n) is 5.13. The van der Waals surface area contributed by atoms with E-state index in [4.69, 9.17) is 30.2 Å². The Bertz CT molecular complexity index is 303. The van der Waals surface area contributed by atoms with Crippen molar-refractivity contribution in [2.24, 2.45) is 5.73 Å². The molecule has 3 N–H and O–H groups in total. The van der Waals surface area contributed by atoms with Crippen molar-refractivity contribution >= 4 is 29.4 Å². The number of nitrogens with two attached hydrogens (primary N) is 1. The summed E-state index contributed by atoms with van der Waals surface area (Å²) >= 11 is 9.65. The molecule has 0 amide bonds. The van der Waals surface area contributed by atoms with Crippen molar-refractivity contribution in [2.45, 2.75) is 0 Å². The molecule has 2 nitrogen and oxygen atoms in total. The molecule has 4 heteroatoms. The predicted octanol–water partition coefficient (Wildman–Crippen LogP) is 1.38. The normalized spacial score (nSPS) is 9.20. The molecule has 0 bridgehead atoms. The van der Waals surface area contributed by atoms with Crippen LogP contribution in [0.5, 0.6) is 0 Å². The van der Waals surface area contributed by atoms with Gasteiger partial charge in [0.05, 0.1) is 0 Å². The number of thiocarbonyl (C=S) groups is 1. The zero-order valence-corrected chi connectivity index (χ0v) is 6.76. The number of rotatable bonds is 1. The van der Waals surface area contributed by atoms with Crippen molar-refractivity contribution in [2.75, 3.05) is 0 Å². The summed E-state index contributed by atoms with van der Waals surface area (Å²) in [6.45, 7) is 0. The van der Waals surface area contributed by atoms with E-state index >= 15 is 0 Å². The molecule has 0 atom stereocenters. The van der Waals surface area contributed by atoms with Gasteiger partial charge in [-0.1, -0.05) is 24.4 Å². The van der Waals surface area contributed by atoms with Crippen LogP contribution in [0.2, 0.25) is 0 Å². The second kappa shape index (κ2) is 2.90. The summed E-state index contributed by atoms with van der Waals surface area (Å²) in [6.07, 6.45) is 1.74. The number of H-pyrrole nitrogens is 1. The smallest absolute Gasteiger partial charge is 0.113 e. The summed E-state index contributed by atoms with van der Waals surface area (Å²) in [5.41, 5.74) is 6.09. The molecule has 1 rings (SSSR count). The Morgan fingerprint density at radius 3 is 2.70 bits per heavy atom. The fourth-order valence-corrected chi connectivity index (χ4v) is 1.10. The third-order valence-electron chi connectivity index (χ3n) is 1.08. The first-order valence-corrected chi connectivity index (χ1v) is 3.51. The summed E-state index contributed by atoms with van der Waals surface area (Å²) in [7, 11) is 0. The van der Waals surface area contributed by atoms with Gasteiger partial charge in [-0.3, -0.25) is 0 Å². The van der Waals surface area contributed by atoms with E-state index in [9.17, 15) is 0 Å². The lowest BCUT2D eigenvalue weighted by atomic mass is 10.3. The van der Waals surface area contributed by atoms with Gasteiger partial charge in [-0.2, -0.15) is 0 Å². The third-order valence-corrected chi connectivity index (χ3v) is 1.64. The van der Waals surface area contributed by atoms with E-state index in [2.05, 4.69) is 4.98 Å². The van der Waals surface area contributed by atoms with Crippen molar-refractivity contribution in [1.82, 2.24) is 4.98 Å². The van der Waals surface area contributed by atoms with Gasteiger partial charge >= 0.3 is 0 Å². The van der Waals surface area contributed by atoms with Crippen LogP contribution in [0.4, 0.5) is 0 Å². The highest BCUT2D eigenvalue weighted by atomic mass is 32.1. The number of aromatic nitrogens is 1. The summed E-state index contributed by atoms with van der Waals surface area (Å²) in [4.78, 5) is 3.16. The maximum atomic E-state index is 5.36. The SMILES string of the molecule is NC(=S)c1ccc[nH]c1=S. The van der Waals surface area contributed by atoms with Crippen LogP contribution in [0.15, 0.2) is 18.3 Å². The standard InChI is InChI=1S/C6H6N2S2/c7-5(9)4-2-1-3-8-6(4)10/h1-3H,(H2,7,9)(H,8,10). The predicted molar refractivity (Wildman–Crippen MR) is 47.5 cm³/mol. The minimum absolute atomic E-state index is 0.335. The Kier molecular flexibility index (Phi) is 2.13. The molecule has 0 aromatic carbocycles. The average Bonchev–Trinajstić information content (AvgIpc) is 1.88. The molecule has 0 spiro atoms. The van der Waals surface area contributed by atoms with Gasteiger partial charge in [-0.25, -0.2) is 0 Å². The Balaban J connectivity index is 3.29. The first-order chi connectivity index (χ1) is 4.72. The highest BCUT2D eigenvalue weighted by Crippen LogP contribution is 1.97. The maximum absolute atomic E-state index is 5.36. The molecule has 10 heavy (non-hydrogen) atoms. The van der Waals surface area contributed by atoms with Crippen LogP contribution < -0.4 is 5.73 Å². The fourth-order valence-electron chi connectivity index (χ4n) is 0.616. The van der Waals surface area contributed by atoms with E-state index in [0.29, 0.717) is 9.63 Å². The first kappa shape index (κ1) is 7.37. The van der Waals surface area contributed by atoms with Crippen molar-refractivity contribution in [3.05, 3.63) is 28.5 Å². The van der Waals surface area contributed by atoms with Crippen LogP contribution in [-0.2, 0) is 0 Å². The molecular weight excluding hydrogens is 164 g/mol. The molecule has 0 radical (unpaired) electrons. The van der Waals surface area contributed by atoms with Gasteiger partial charge in [0.1, 0.15) is 9.63 Å². The molecule has 0 saturated carbocycles. The highest BCUT2D eigenvalue weighted by Gasteiger charge is 1.94. The Hall–Kier alpha value is -0.740. The Morgan fingerprint density at radius 2 is 2.30 bits per heavy atom. The fraction of sp³-hybridized carbons (Fsp3) is 0.